The summed E-state index contributed by atoms with van der Waals surface area (Å²) in [7, 11) is 10.1. The maximum absolute atomic E-state index is 13.7. The van der Waals surface area contributed by atoms with Crippen molar-refractivity contribution < 1.29 is 259 Å². The van der Waals surface area contributed by atoms with Crippen LogP contribution in [0.4, 0.5) is 61.0 Å². The first kappa shape index (κ1) is 90.3. The fraction of sp³-hybridized carbons (Fsp3) is 0.0192. The summed E-state index contributed by atoms with van der Waals surface area (Å²) in [6, 6.07) is 27.6. The van der Waals surface area contributed by atoms with Crippen molar-refractivity contribution in [3.05, 3.63) is 246 Å². The van der Waals surface area contributed by atoms with Crippen LogP contribution in [0, 0.1) is 85.8 Å². The Morgan fingerprint density at radius 2 is 0.811 bits per heavy atom. The molecule has 8 rings (SSSR count). The predicted molar refractivity (Wildman–Crippen MR) is 298 cm³/mol. The van der Waals surface area contributed by atoms with E-state index in [-0.39, 0.29) is 182 Å². The third kappa shape index (κ3) is 35.9. The average molecular weight is 1710 g/mol. The molecule has 8 aromatic carbocycles. The molecule has 8 aromatic rings. The zero-order valence-corrected chi connectivity index (χ0v) is 64.2. The molecule has 0 bridgehead atoms. The Kier molecular flexibility index (Phi) is 47.2. The van der Waals surface area contributed by atoms with E-state index >= 15 is 0 Å². The van der Waals surface area contributed by atoms with E-state index in [4.69, 9.17) is 90.5 Å². The quantitative estimate of drug-likeness (QED) is 0.0110. The van der Waals surface area contributed by atoms with Gasteiger partial charge in [-0.25, -0.2) is 52.3 Å². The minimum absolute atomic E-state index is 0. The Bertz CT molecular complexity index is 3590. The van der Waals surface area contributed by atoms with Crippen molar-refractivity contribution >= 4 is 104 Å². The molecule has 0 fully saturated rings. The van der Waals surface area contributed by atoms with Crippen LogP contribution in [-0.4, -0.2) is 40.9 Å². The molecular formula is C52H36Cl6Cs2CuF10N3O15S-. The normalized spacial score (nSPS) is 9.53. The molecule has 0 atom stereocenters. The molecule has 0 spiro atoms. The fourth-order valence-corrected chi connectivity index (χ4v) is 6.29. The Morgan fingerprint density at radius 1 is 0.567 bits per heavy atom. The molecule has 0 unspecified atom stereocenters. The van der Waals surface area contributed by atoms with Gasteiger partial charge in [0.2, 0.25) is 0 Å². The number of ether oxygens (including phenoxy) is 3. The zero-order chi connectivity index (χ0) is 66.3. The molecule has 38 heteroatoms. The van der Waals surface area contributed by atoms with E-state index < -0.39 is 117 Å². The molecule has 0 saturated heterocycles. The molecule has 0 aromatic heterocycles. The maximum atomic E-state index is 13.7. The summed E-state index contributed by atoms with van der Waals surface area (Å²) in [5, 5.41) is 46.5. The number of non-ortho nitro benzene ring substituents is 2. The van der Waals surface area contributed by atoms with Crippen LogP contribution >= 0.6 is 65.7 Å². The second-order valence-corrected chi connectivity index (χ2v) is 20.3. The van der Waals surface area contributed by atoms with E-state index in [1.807, 2.05) is 0 Å². The number of nitrogen functional groups attached to an aromatic ring is 1. The summed E-state index contributed by atoms with van der Waals surface area (Å²) < 4.78 is 168. The number of benzene rings is 8. The first-order valence-electron chi connectivity index (χ1n) is 21.8. The number of nitrogens with two attached hydrogens (primary N) is 1. The number of rotatable bonds is 10. The van der Waals surface area contributed by atoms with Gasteiger partial charge in [0.1, 0.15) is 28.8 Å². The molecule has 0 aliphatic rings. The number of carboxylic acid groups (broad SMARTS) is 1. The Labute approximate surface area is 657 Å². The largest absolute Gasteiger partial charge is 1.00 e. The smallest absolute Gasteiger partial charge is 1.00 e. The zero-order valence-electron chi connectivity index (χ0n) is 46.4. The van der Waals surface area contributed by atoms with Crippen molar-refractivity contribution in [3.8, 4) is 40.2 Å². The maximum Gasteiger partial charge on any atom is 1.00 e. The summed E-state index contributed by atoms with van der Waals surface area (Å²) in [5.41, 5.74) is 3.76. The number of nitrogens with zero attached hydrogens (tertiary/aromatic N) is 2. The molecule has 90 heavy (non-hydrogen) atoms. The minimum atomic E-state index is -4.22. The van der Waals surface area contributed by atoms with Gasteiger partial charge in [0.05, 0.1) is 39.0 Å². The second kappa shape index (κ2) is 47.0. The second-order valence-electron chi connectivity index (χ2n) is 14.8. The van der Waals surface area contributed by atoms with E-state index in [0.717, 1.165) is 44.3 Å². The van der Waals surface area contributed by atoms with Gasteiger partial charge in [-0.1, -0.05) is 34.8 Å². The number of nitro groups is 2. The summed E-state index contributed by atoms with van der Waals surface area (Å²) in [4.78, 5) is 38.0. The van der Waals surface area contributed by atoms with Crippen molar-refractivity contribution in [1.82, 2.24) is 0 Å². The van der Waals surface area contributed by atoms with Crippen LogP contribution in [0.1, 0.15) is 8.35 Å². The van der Waals surface area contributed by atoms with Gasteiger partial charge >= 0.3 is 171 Å². The van der Waals surface area contributed by atoms with Crippen LogP contribution < -0.4 is 163 Å². The van der Waals surface area contributed by atoms with Gasteiger partial charge in [0, 0.05) is 50.5 Å². The van der Waals surface area contributed by atoms with Crippen LogP contribution in [0.2, 0.25) is 15.1 Å². The molecule has 0 heterocycles. The molecular weight excluding hydrogens is 1670 g/mol. The SMILES string of the molecule is CC(=O)O.Nc1cc(F)c(Oc2ccc(Cl)cc2)c(F)c1.O=CO[O-].O=S(=O)(Cl)c1cc(F)c(Oc2ccc(Cl)cc2)c(F)c1.O=[N+]([O-])c1cc(F)c(F)c(F)c1.O=[N+]([O-])c1cc(F)c(Oc2ccc(F)cc2)c(F)c1.Oc1ccc(Cl)cc1.[CH3-].[Cl][Cu][Cl].[Cs+].[Cs+].[H-]. The van der Waals surface area contributed by atoms with Gasteiger partial charge in [-0.05, 0) is 109 Å². The molecule has 0 radical (unpaired) electrons. The van der Waals surface area contributed by atoms with Crippen molar-refractivity contribution in [2.45, 2.75) is 11.8 Å². The van der Waals surface area contributed by atoms with E-state index in [9.17, 15) is 72.6 Å². The molecule has 481 valence electrons. The number of phenols is 1. The molecule has 0 saturated carbocycles. The number of hydrogen-bond acceptors (Lipinski definition) is 15. The number of carboxylic acids is 1. The van der Waals surface area contributed by atoms with Gasteiger partial charge in [0.15, 0.2) is 69.6 Å². The summed E-state index contributed by atoms with van der Waals surface area (Å²) in [6.45, 7) is 0.903. The Hall–Kier alpha value is -3.93. The molecule has 0 amide bonds. The van der Waals surface area contributed by atoms with E-state index in [0.29, 0.717) is 51.5 Å². The van der Waals surface area contributed by atoms with Gasteiger partial charge in [-0.2, -0.15) is 0 Å². The van der Waals surface area contributed by atoms with E-state index in [2.05, 4.69) is 25.1 Å². The van der Waals surface area contributed by atoms with Gasteiger partial charge < -0.3 is 49.2 Å². The third-order valence-electron chi connectivity index (χ3n) is 8.61. The Morgan fingerprint density at radius 3 is 1.07 bits per heavy atom. The number of carbonyl (C=O) groups is 2. The summed E-state index contributed by atoms with van der Waals surface area (Å²) >= 11 is 17.6. The minimum Gasteiger partial charge on any atom is -1.00 e. The van der Waals surface area contributed by atoms with E-state index in [1.165, 1.54) is 48.5 Å². The Balaban J connectivity index is -0.000000503. The summed E-state index contributed by atoms with van der Waals surface area (Å²) in [6.07, 6.45) is 0. The number of nitro benzene ring substituents is 2. The van der Waals surface area contributed by atoms with Gasteiger partial charge in [-0.3, -0.25) is 29.8 Å². The van der Waals surface area contributed by atoms with Crippen LogP contribution in [0.25, 0.3) is 0 Å². The van der Waals surface area contributed by atoms with Crippen molar-refractivity contribution in [2.24, 2.45) is 0 Å². The number of carbonyl (C=O) groups excluding carboxylic acids is 1. The van der Waals surface area contributed by atoms with Gasteiger partial charge in [0.25, 0.3) is 32.9 Å². The van der Waals surface area contributed by atoms with Crippen LogP contribution in [0.5, 0.6) is 40.2 Å². The van der Waals surface area contributed by atoms with Crippen LogP contribution in [0.3, 0.4) is 0 Å². The van der Waals surface area contributed by atoms with Gasteiger partial charge in [-0.15, -0.1) is 0 Å². The number of aliphatic carboxylic acids is 1. The third-order valence-corrected chi connectivity index (χ3v) is 10.7. The monoisotopic (exact) mass is 1700 g/mol. The molecule has 0 aliphatic heterocycles. The number of halogens is 16. The standard InChI is InChI=1S/C12H6Cl2F2O3S.C12H8ClF2NO.C12H6F3NO3.C6H5ClO.C6H2F3NO2.C2H4O2.CH2O3.CH3.2ClH.2Cs.Cu.H/c13-7-1-3-8(4-2-7)19-12-10(15)5-9(6-11(12)16)20(14,17)18;13-7-1-3-9(4-2-7)17-12-10(14)5-8(16)6-11(12)15;13-7-1-3-9(4-2-7)19-12-10(14)5-8(16(17)18)6-11(12)15;7-5-1-3-6(8)4-2-5;7-4-1-3(10(11)12)2-5(8)6(4)9;1-2(3)4;2-1-4-3;;;;;;;/h1-6H;1-6H,16H2;1-6H;1-4,8H;1-2H;1H3,(H,3,4);1,3H;1H3;2*1H;;;;/q;;;;;;;-1;;;2*+1;+2;-1/p-3. The topological polar surface area (TPSA) is 281 Å². The van der Waals surface area contributed by atoms with Crippen molar-refractivity contribution in [2.75, 3.05) is 5.73 Å². The van der Waals surface area contributed by atoms with Crippen molar-refractivity contribution in [3.63, 3.8) is 0 Å². The van der Waals surface area contributed by atoms with Crippen LogP contribution in [0.15, 0.2) is 150 Å². The van der Waals surface area contributed by atoms with Crippen molar-refractivity contribution in [1.29, 1.82) is 0 Å². The summed E-state index contributed by atoms with van der Waals surface area (Å²) in [5.74, 6) is -14.0. The van der Waals surface area contributed by atoms with E-state index in [1.54, 1.807) is 36.4 Å². The number of aromatic hydroxyl groups is 1. The molecule has 0 aliphatic carbocycles. The molecule has 18 nitrogen and oxygen atoms in total. The number of anilines is 1. The van der Waals surface area contributed by atoms with Crippen LogP contribution in [-0.2, 0) is 36.7 Å². The first-order chi connectivity index (χ1) is 40.7. The number of hydrogen-bond donors (Lipinski definition) is 3. The molecule has 4 N–H and O–H groups in total. The average Bonchev–Trinajstić information content (AvgIpc) is 1.83. The fourth-order valence-electron chi connectivity index (χ4n) is 5.15. The predicted octanol–water partition coefficient (Wildman–Crippen LogP) is 10.7. The first-order valence-corrected chi connectivity index (χ1v) is 27.8. The number of phenolic OH excluding ortho intramolecular Hbond substituents is 1.